The summed E-state index contributed by atoms with van der Waals surface area (Å²) in [5, 5.41) is 3.57. The zero-order chi connectivity index (χ0) is 9.52. The maximum absolute atomic E-state index is 3.77. The minimum atomic E-state index is 0.701. The van der Waals surface area contributed by atoms with Crippen LogP contribution in [0, 0.1) is 0 Å². The monoisotopic (exact) mass is 182 g/mol. The molecule has 1 N–H and O–H groups in total. The van der Waals surface area contributed by atoms with Gasteiger partial charge in [0, 0.05) is 19.1 Å². The molecule has 0 aromatic heterocycles. The first kappa shape index (κ1) is 10.7. The van der Waals surface area contributed by atoms with Crippen LogP contribution < -0.4 is 5.32 Å². The van der Waals surface area contributed by atoms with Crippen molar-refractivity contribution in [1.82, 2.24) is 10.2 Å². The fourth-order valence-corrected chi connectivity index (χ4v) is 1.83. The van der Waals surface area contributed by atoms with Crippen molar-refractivity contribution in [3.05, 3.63) is 12.7 Å². The lowest BCUT2D eigenvalue weighted by molar-refractivity contribution is 0.270. The van der Waals surface area contributed by atoms with Gasteiger partial charge in [0.05, 0.1) is 0 Å². The topological polar surface area (TPSA) is 15.3 Å². The number of hydrogen-bond acceptors (Lipinski definition) is 2. The molecule has 1 unspecified atom stereocenters. The van der Waals surface area contributed by atoms with Crippen LogP contribution in [0.4, 0.5) is 0 Å². The van der Waals surface area contributed by atoms with Crippen molar-refractivity contribution in [3.8, 4) is 0 Å². The van der Waals surface area contributed by atoms with Crippen molar-refractivity contribution in [3.63, 3.8) is 0 Å². The van der Waals surface area contributed by atoms with E-state index in [-0.39, 0.29) is 0 Å². The third-order valence-corrected chi connectivity index (χ3v) is 2.70. The molecule has 1 atom stereocenters. The number of nitrogens with zero attached hydrogens (tertiary/aromatic N) is 1. The highest BCUT2D eigenvalue weighted by molar-refractivity contribution is 4.77. The molecule has 13 heavy (non-hydrogen) atoms. The lowest BCUT2D eigenvalue weighted by Crippen LogP contribution is -2.37. The van der Waals surface area contributed by atoms with E-state index in [0.717, 1.165) is 6.42 Å². The summed E-state index contributed by atoms with van der Waals surface area (Å²) in [5.74, 6) is 0. The van der Waals surface area contributed by atoms with Crippen molar-refractivity contribution >= 4 is 0 Å². The van der Waals surface area contributed by atoms with E-state index >= 15 is 0 Å². The summed E-state index contributed by atoms with van der Waals surface area (Å²) in [6.07, 6.45) is 5.66. The Bertz CT molecular complexity index is 145. The second kappa shape index (κ2) is 6.17. The average Bonchev–Trinajstić information content (AvgIpc) is 2.39. The molecular weight excluding hydrogens is 160 g/mol. The summed E-state index contributed by atoms with van der Waals surface area (Å²) < 4.78 is 0. The molecule has 1 rings (SSSR count). The lowest BCUT2D eigenvalue weighted by Gasteiger charge is -2.22. The van der Waals surface area contributed by atoms with E-state index in [1.165, 1.54) is 39.0 Å². The third kappa shape index (κ3) is 3.92. The maximum atomic E-state index is 3.77. The van der Waals surface area contributed by atoms with Gasteiger partial charge in [0.1, 0.15) is 0 Å². The van der Waals surface area contributed by atoms with E-state index in [1.807, 2.05) is 6.08 Å². The molecule has 1 fully saturated rings. The van der Waals surface area contributed by atoms with Crippen LogP contribution in [0.3, 0.4) is 0 Å². The molecule has 0 radical (unpaired) electrons. The molecule has 0 bridgehead atoms. The van der Waals surface area contributed by atoms with Crippen LogP contribution in [0.5, 0.6) is 0 Å². The van der Waals surface area contributed by atoms with E-state index in [4.69, 9.17) is 0 Å². The summed E-state index contributed by atoms with van der Waals surface area (Å²) >= 11 is 0. The van der Waals surface area contributed by atoms with Crippen molar-refractivity contribution in [1.29, 1.82) is 0 Å². The molecule has 2 heteroatoms. The Kier molecular flexibility index (Phi) is 5.09. The molecular formula is C11H22N2. The Hall–Kier alpha value is -0.340. The molecule has 1 saturated heterocycles. The highest BCUT2D eigenvalue weighted by atomic mass is 15.2. The van der Waals surface area contributed by atoms with Gasteiger partial charge in [-0.25, -0.2) is 0 Å². The lowest BCUT2D eigenvalue weighted by atomic mass is 10.2. The largest absolute Gasteiger partial charge is 0.313 e. The molecule has 0 aromatic carbocycles. The van der Waals surface area contributed by atoms with Crippen molar-refractivity contribution in [2.24, 2.45) is 0 Å². The van der Waals surface area contributed by atoms with E-state index in [9.17, 15) is 0 Å². The van der Waals surface area contributed by atoms with Gasteiger partial charge in [-0.15, -0.1) is 6.58 Å². The maximum Gasteiger partial charge on any atom is 0.0192 e. The van der Waals surface area contributed by atoms with Gasteiger partial charge < -0.3 is 10.2 Å². The first-order chi connectivity index (χ1) is 6.36. The van der Waals surface area contributed by atoms with Crippen LogP contribution in [0.25, 0.3) is 0 Å². The second-order valence-electron chi connectivity index (χ2n) is 3.79. The summed E-state index contributed by atoms with van der Waals surface area (Å²) in [4.78, 5) is 2.55. The highest BCUT2D eigenvalue weighted by Crippen LogP contribution is 2.04. The molecule has 0 amide bonds. The molecule has 2 nitrogen and oxygen atoms in total. The van der Waals surface area contributed by atoms with Gasteiger partial charge >= 0.3 is 0 Å². The van der Waals surface area contributed by atoms with Crippen molar-refractivity contribution in [2.45, 2.75) is 32.2 Å². The normalized spacial score (nSPS) is 25.5. The summed E-state index contributed by atoms with van der Waals surface area (Å²) in [5.41, 5.74) is 0. The second-order valence-corrected chi connectivity index (χ2v) is 3.79. The smallest absolute Gasteiger partial charge is 0.0192 e. The zero-order valence-electron chi connectivity index (χ0n) is 8.76. The summed E-state index contributed by atoms with van der Waals surface area (Å²) in [7, 11) is 0. The van der Waals surface area contributed by atoms with Crippen LogP contribution in [0.15, 0.2) is 12.7 Å². The van der Waals surface area contributed by atoms with Crippen molar-refractivity contribution < 1.29 is 0 Å². The van der Waals surface area contributed by atoms with Crippen LogP contribution in [0.1, 0.15) is 26.2 Å². The molecule has 1 aliphatic heterocycles. The first-order valence-electron chi connectivity index (χ1n) is 5.43. The van der Waals surface area contributed by atoms with Crippen LogP contribution in [-0.4, -0.2) is 37.1 Å². The van der Waals surface area contributed by atoms with Gasteiger partial charge in [0.15, 0.2) is 0 Å². The van der Waals surface area contributed by atoms with Crippen LogP contribution in [0.2, 0.25) is 0 Å². The Balaban J connectivity index is 2.30. The van der Waals surface area contributed by atoms with Gasteiger partial charge in [-0.1, -0.05) is 13.0 Å². The average molecular weight is 182 g/mol. The molecule has 1 heterocycles. The predicted molar refractivity (Wildman–Crippen MR) is 58.0 cm³/mol. The van der Waals surface area contributed by atoms with Crippen molar-refractivity contribution in [2.75, 3.05) is 26.2 Å². The standard InChI is InChI=1S/C11H22N2/c1-3-5-8-13-9-6-7-12-11(4-2)10-13/h3,11-12H,1,4-10H2,2H3. The molecule has 0 spiro atoms. The van der Waals surface area contributed by atoms with Gasteiger partial charge in [-0.2, -0.15) is 0 Å². The van der Waals surface area contributed by atoms with E-state index in [1.54, 1.807) is 0 Å². The molecule has 0 aromatic rings. The Morgan fingerprint density at radius 1 is 1.62 bits per heavy atom. The quantitative estimate of drug-likeness (QED) is 0.665. The zero-order valence-corrected chi connectivity index (χ0v) is 8.76. The molecule has 76 valence electrons. The van der Waals surface area contributed by atoms with Gasteiger partial charge in [0.25, 0.3) is 0 Å². The van der Waals surface area contributed by atoms with Crippen LogP contribution in [-0.2, 0) is 0 Å². The van der Waals surface area contributed by atoms with Gasteiger partial charge in [-0.05, 0) is 32.4 Å². The number of nitrogens with one attached hydrogen (secondary N) is 1. The summed E-state index contributed by atoms with van der Waals surface area (Å²) in [6.45, 7) is 10.8. The summed E-state index contributed by atoms with van der Waals surface area (Å²) in [6, 6.07) is 0.701. The Morgan fingerprint density at radius 3 is 3.15 bits per heavy atom. The van der Waals surface area contributed by atoms with E-state index in [0.29, 0.717) is 6.04 Å². The van der Waals surface area contributed by atoms with Crippen LogP contribution >= 0.6 is 0 Å². The third-order valence-electron chi connectivity index (χ3n) is 2.70. The SMILES string of the molecule is C=CCCN1CCCNC(CC)C1. The fourth-order valence-electron chi connectivity index (χ4n) is 1.83. The van der Waals surface area contributed by atoms with Gasteiger partial charge in [-0.3, -0.25) is 0 Å². The molecule has 0 aliphatic carbocycles. The Morgan fingerprint density at radius 2 is 2.46 bits per heavy atom. The van der Waals surface area contributed by atoms with Gasteiger partial charge in [0.2, 0.25) is 0 Å². The molecule has 0 saturated carbocycles. The number of rotatable bonds is 4. The molecule has 1 aliphatic rings. The fraction of sp³-hybridized carbons (Fsp3) is 0.818. The number of hydrogen-bond donors (Lipinski definition) is 1. The minimum Gasteiger partial charge on any atom is -0.313 e. The Labute approximate surface area is 82.0 Å². The first-order valence-corrected chi connectivity index (χ1v) is 5.43. The van der Waals surface area contributed by atoms with E-state index in [2.05, 4.69) is 23.7 Å². The minimum absolute atomic E-state index is 0.701. The highest BCUT2D eigenvalue weighted by Gasteiger charge is 2.14. The predicted octanol–water partition coefficient (Wildman–Crippen LogP) is 1.64. The van der Waals surface area contributed by atoms with E-state index < -0.39 is 0 Å².